The van der Waals surface area contributed by atoms with E-state index in [-0.39, 0.29) is 5.69 Å². The molecule has 0 atom stereocenters. The van der Waals surface area contributed by atoms with Gasteiger partial charge in [-0.2, -0.15) is 0 Å². The molecule has 0 saturated heterocycles. The molecule has 0 aliphatic carbocycles. The largest absolute Gasteiger partial charge is 0.328 e. The van der Waals surface area contributed by atoms with Gasteiger partial charge < -0.3 is 0 Å². The molecule has 2 aromatic heterocycles. The van der Waals surface area contributed by atoms with Crippen molar-refractivity contribution in [2.45, 2.75) is 0 Å². The van der Waals surface area contributed by atoms with Gasteiger partial charge in [0.25, 0.3) is 0 Å². The average molecular weight is 621 g/mol. The van der Waals surface area contributed by atoms with E-state index in [9.17, 15) is 4.79 Å². The fraction of sp³-hybridized carbons (Fsp3) is 0.0465. The third-order valence-corrected chi connectivity index (χ3v) is 9.03. The molecule has 0 fully saturated rings. The van der Waals surface area contributed by atoms with Gasteiger partial charge in [-0.1, -0.05) is 133 Å². The Hall–Kier alpha value is -6.33. The monoisotopic (exact) mass is 620 g/mol. The second-order valence-electron chi connectivity index (χ2n) is 12.0. The summed E-state index contributed by atoms with van der Waals surface area (Å²) in [6, 6.07) is 54.4. The Bertz CT molecular complexity index is 2460. The molecule has 230 valence electrons. The molecule has 5 heteroatoms. The molecule has 48 heavy (non-hydrogen) atoms. The Labute approximate surface area is 279 Å². The first-order valence-electron chi connectivity index (χ1n) is 16.0. The minimum absolute atomic E-state index is 0.0315. The normalized spacial score (nSPS) is 11.2. The highest BCUT2D eigenvalue weighted by Gasteiger charge is 2.16. The van der Waals surface area contributed by atoms with E-state index in [0.717, 1.165) is 72.5 Å². The summed E-state index contributed by atoms with van der Waals surface area (Å²) in [5.74, 6) is 0.673. The fourth-order valence-corrected chi connectivity index (χ4v) is 6.40. The molecule has 8 aromatic rings. The highest BCUT2D eigenvalue weighted by molar-refractivity contribution is 5.88. The summed E-state index contributed by atoms with van der Waals surface area (Å²) in [7, 11) is 3.62. The third kappa shape index (κ3) is 5.31. The maximum Gasteiger partial charge on any atom is 0.328 e. The molecule has 0 bridgehead atoms. The van der Waals surface area contributed by atoms with Crippen LogP contribution < -0.4 is 5.69 Å². The summed E-state index contributed by atoms with van der Waals surface area (Å²) in [6.07, 6.45) is 0. The predicted molar refractivity (Wildman–Crippen MR) is 196 cm³/mol. The van der Waals surface area contributed by atoms with Crippen molar-refractivity contribution in [2.24, 2.45) is 14.1 Å². The predicted octanol–water partition coefficient (Wildman–Crippen LogP) is 9.67. The van der Waals surface area contributed by atoms with Gasteiger partial charge in [0.2, 0.25) is 0 Å². The van der Waals surface area contributed by atoms with Crippen LogP contribution in [-0.4, -0.2) is 19.1 Å². The Morgan fingerprint density at radius 2 is 0.896 bits per heavy atom. The van der Waals surface area contributed by atoms with E-state index in [0.29, 0.717) is 5.82 Å². The van der Waals surface area contributed by atoms with Gasteiger partial charge in [-0.25, -0.2) is 14.8 Å². The minimum atomic E-state index is -0.0315. The van der Waals surface area contributed by atoms with Crippen LogP contribution in [0.1, 0.15) is 0 Å². The first-order chi connectivity index (χ1) is 23.5. The van der Waals surface area contributed by atoms with Crippen LogP contribution in [0.15, 0.2) is 163 Å². The zero-order chi connectivity index (χ0) is 32.6. The quantitative estimate of drug-likeness (QED) is 0.186. The summed E-state index contributed by atoms with van der Waals surface area (Å²) in [5, 5.41) is 0. The van der Waals surface area contributed by atoms with Gasteiger partial charge in [-0.05, 0) is 57.6 Å². The van der Waals surface area contributed by atoms with E-state index in [1.165, 1.54) is 0 Å². The maximum atomic E-state index is 12.5. The van der Waals surface area contributed by atoms with Crippen LogP contribution in [0.25, 0.3) is 78.3 Å². The molecule has 0 aliphatic rings. The molecule has 0 radical (unpaired) electrons. The molecular weight excluding hydrogens is 589 g/mol. The van der Waals surface area contributed by atoms with Crippen molar-refractivity contribution < 1.29 is 0 Å². The van der Waals surface area contributed by atoms with Crippen molar-refractivity contribution in [3.63, 3.8) is 0 Å². The number of aromatic nitrogens is 4. The van der Waals surface area contributed by atoms with Crippen molar-refractivity contribution in [2.75, 3.05) is 0 Å². The lowest BCUT2D eigenvalue weighted by molar-refractivity contribution is 0.795. The molecule has 0 saturated carbocycles. The molecule has 8 rings (SSSR count). The smallest absolute Gasteiger partial charge is 0.295 e. The van der Waals surface area contributed by atoms with Crippen molar-refractivity contribution in [3.05, 3.63) is 168 Å². The molecule has 0 N–H and O–H groups in total. The van der Waals surface area contributed by atoms with Gasteiger partial charge in [0.15, 0.2) is 5.82 Å². The molecule has 6 aromatic carbocycles. The number of hydrogen-bond donors (Lipinski definition) is 0. The van der Waals surface area contributed by atoms with E-state index < -0.39 is 0 Å². The SMILES string of the molecule is Cn1c(=O)n(C)c2cc(-c3ccc(-c4cc(-c5cc(-c6ccccc6)ccc5-c5ccccc5)nc(-c5ccccc5)n4)cc3)ccc21. The Morgan fingerprint density at radius 1 is 0.396 bits per heavy atom. The number of benzene rings is 6. The molecule has 0 spiro atoms. The van der Waals surface area contributed by atoms with Gasteiger partial charge in [-0.3, -0.25) is 9.13 Å². The van der Waals surface area contributed by atoms with Gasteiger partial charge >= 0.3 is 5.69 Å². The van der Waals surface area contributed by atoms with Gasteiger partial charge in [0, 0.05) is 30.8 Å². The lowest BCUT2D eigenvalue weighted by atomic mass is 9.92. The van der Waals surface area contributed by atoms with E-state index in [2.05, 4.69) is 121 Å². The van der Waals surface area contributed by atoms with Crippen LogP contribution in [0.4, 0.5) is 0 Å². The number of nitrogens with zero attached hydrogens (tertiary/aromatic N) is 4. The van der Waals surface area contributed by atoms with E-state index in [1.807, 2.05) is 43.4 Å². The second kappa shape index (κ2) is 12.1. The standard InChI is InChI=1S/C43H32N4O/c1-46-40-25-23-35(27-41(40)47(2)43(46)48)30-18-20-32(21-19-30)38-28-39(45-42(44-38)33-16-10-5-11-17-33)37-26-34(29-12-6-3-7-13-29)22-24-36(37)31-14-8-4-9-15-31/h3-28H,1-2H3. The van der Waals surface area contributed by atoms with Crippen molar-refractivity contribution in [3.8, 4) is 67.3 Å². The number of rotatable bonds is 6. The summed E-state index contributed by atoms with van der Waals surface area (Å²) in [4.78, 5) is 22.8. The molecule has 2 heterocycles. The second-order valence-corrected chi connectivity index (χ2v) is 12.0. The number of aryl methyl sites for hydroxylation is 2. The molecular formula is C43H32N4O. The van der Waals surface area contributed by atoms with E-state index >= 15 is 0 Å². The lowest BCUT2D eigenvalue weighted by Crippen LogP contribution is -2.19. The summed E-state index contributed by atoms with van der Waals surface area (Å²) >= 11 is 0. The van der Waals surface area contributed by atoms with Crippen molar-refractivity contribution >= 4 is 11.0 Å². The van der Waals surface area contributed by atoms with Gasteiger partial charge in [0.1, 0.15) is 0 Å². The highest BCUT2D eigenvalue weighted by Crippen LogP contribution is 2.37. The summed E-state index contributed by atoms with van der Waals surface area (Å²) in [5.41, 5.74) is 13.1. The number of fused-ring (bicyclic) bond motifs is 1. The molecule has 0 unspecified atom stereocenters. The third-order valence-electron chi connectivity index (χ3n) is 9.03. The Morgan fingerprint density at radius 3 is 1.58 bits per heavy atom. The van der Waals surface area contributed by atoms with Crippen molar-refractivity contribution in [1.29, 1.82) is 0 Å². The van der Waals surface area contributed by atoms with Crippen LogP contribution >= 0.6 is 0 Å². The molecule has 0 amide bonds. The van der Waals surface area contributed by atoms with Crippen LogP contribution in [-0.2, 0) is 14.1 Å². The molecule has 0 aliphatic heterocycles. The number of imidazole rings is 1. The topological polar surface area (TPSA) is 52.7 Å². The first kappa shape index (κ1) is 29.1. The van der Waals surface area contributed by atoms with Crippen molar-refractivity contribution in [1.82, 2.24) is 19.1 Å². The summed E-state index contributed by atoms with van der Waals surface area (Å²) < 4.78 is 3.37. The minimum Gasteiger partial charge on any atom is -0.295 e. The average Bonchev–Trinajstić information content (AvgIpc) is 3.38. The Balaban J connectivity index is 1.27. The first-order valence-corrected chi connectivity index (χ1v) is 16.0. The van der Waals surface area contributed by atoms with Crippen LogP contribution in [0.2, 0.25) is 0 Å². The van der Waals surface area contributed by atoms with Gasteiger partial charge in [-0.15, -0.1) is 0 Å². The Kier molecular flexibility index (Phi) is 7.35. The van der Waals surface area contributed by atoms with Crippen LogP contribution in [0, 0.1) is 0 Å². The van der Waals surface area contributed by atoms with Crippen LogP contribution in [0.3, 0.4) is 0 Å². The van der Waals surface area contributed by atoms with E-state index in [4.69, 9.17) is 9.97 Å². The summed E-state index contributed by atoms with van der Waals surface area (Å²) in [6.45, 7) is 0. The number of hydrogen-bond acceptors (Lipinski definition) is 3. The zero-order valence-electron chi connectivity index (χ0n) is 26.7. The van der Waals surface area contributed by atoms with E-state index in [1.54, 1.807) is 16.2 Å². The zero-order valence-corrected chi connectivity index (χ0v) is 26.7. The molecule has 5 nitrogen and oxygen atoms in total. The maximum absolute atomic E-state index is 12.5. The fourth-order valence-electron chi connectivity index (χ4n) is 6.40. The highest BCUT2D eigenvalue weighted by atomic mass is 16.1. The van der Waals surface area contributed by atoms with Gasteiger partial charge in [0.05, 0.1) is 22.4 Å². The van der Waals surface area contributed by atoms with Crippen LogP contribution in [0.5, 0.6) is 0 Å². The lowest BCUT2D eigenvalue weighted by Gasteiger charge is -2.15.